The Hall–Kier alpha value is -1.37. The van der Waals surface area contributed by atoms with E-state index in [9.17, 15) is 10.1 Å². The number of nitro benzene ring substituents is 1. The molecule has 118 valence electrons. The van der Waals surface area contributed by atoms with E-state index in [1.807, 2.05) is 6.07 Å². The Labute approximate surface area is 130 Å². The van der Waals surface area contributed by atoms with E-state index in [0.29, 0.717) is 18.2 Å². The molecule has 1 heterocycles. The molecule has 6 nitrogen and oxygen atoms in total. The molecule has 7 heteroatoms. The largest absolute Gasteiger partial charge is 0.490 e. The van der Waals surface area contributed by atoms with Gasteiger partial charge in [0.1, 0.15) is 0 Å². The summed E-state index contributed by atoms with van der Waals surface area (Å²) < 4.78 is 5.01. The third-order valence-corrected chi connectivity index (χ3v) is 3.90. The van der Waals surface area contributed by atoms with Crippen molar-refractivity contribution in [3.8, 4) is 5.75 Å². The van der Waals surface area contributed by atoms with E-state index in [1.54, 1.807) is 12.1 Å². The van der Waals surface area contributed by atoms with Crippen LogP contribution in [0.4, 0.5) is 5.69 Å². The highest BCUT2D eigenvalue weighted by Crippen LogP contribution is 2.28. The van der Waals surface area contributed by atoms with Gasteiger partial charge in [-0.2, -0.15) is 0 Å². The van der Waals surface area contributed by atoms with Gasteiger partial charge in [-0.15, -0.1) is 12.4 Å². The quantitative estimate of drug-likeness (QED) is 0.680. The van der Waals surface area contributed by atoms with Gasteiger partial charge in [0.25, 0.3) is 0 Å². The molecule has 0 aromatic heterocycles. The summed E-state index contributed by atoms with van der Waals surface area (Å²) in [4.78, 5) is 12.9. The molecule has 0 aliphatic carbocycles. The minimum Gasteiger partial charge on any atom is -0.490 e. The number of halogens is 1. The second kappa shape index (κ2) is 7.59. The summed E-state index contributed by atoms with van der Waals surface area (Å²) in [6.07, 6.45) is 0.972. The number of hydrogen-bond donors (Lipinski definition) is 1. The standard InChI is InChI=1S/C14H21N3O3.ClH/c1-10-8-16(6-5-12(10)15)9-11-3-4-14(20-2)13(7-11)17(18)19;/h3-4,7,10,12H,5-6,8-9,15H2,1-2H3;1H. The van der Waals surface area contributed by atoms with Crippen LogP contribution in [0.1, 0.15) is 18.9 Å². The summed E-state index contributed by atoms with van der Waals surface area (Å²) in [6.45, 7) is 4.72. The first-order valence-electron chi connectivity index (χ1n) is 6.80. The molecule has 21 heavy (non-hydrogen) atoms. The molecule has 0 spiro atoms. The lowest BCUT2D eigenvalue weighted by Gasteiger charge is -2.35. The molecule has 0 bridgehead atoms. The lowest BCUT2D eigenvalue weighted by molar-refractivity contribution is -0.385. The summed E-state index contributed by atoms with van der Waals surface area (Å²) in [6, 6.07) is 5.40. The average Bonchev–Trinajstić information content (AvgIpc) is 2.43. The molecule has 1 aromatic carbocycles. The van der Waals surface area contributed by atoms with Crippen LogP contribution < -0.4 is 10.5 Å². The van der Waals surface area contributed by atoms with Gasteiger partial charge in [-0.1, -0.05) is 13.0 Å². The first-order chi connectivity index (χ1) is 9.51. The number of nitrogens with zero attached hydrogens (tertiary/aromatic N) is 2. The maximum Gasteiger partial charge on any atom is 0.311 e. The van der Waals surface area contributed by atoms with Crippen molar-refractivity contribution in [1.29, 1.82) is 0 Å². The topological polar surface area (TPSA) is 81.6 Å². The number of hydrogen-bond acceptors (Lipinski definition) is 5. The number of methoxy groups -OCH3 is 1. The van der Waals surface area contributed by atoms with Crippen LogP contribution in [0.3, 0.4) is 0 Å². The molecule has 2 unspecified atom stereocenters. The second-order valence-electron chi connectivity index (χ2n) is 5.43. The van der Waals surface area contributed by atoms with Crippen molar-refractivity contribution in [2.45, 2.75) is 25.9 Å². The van der Waals surface area contributed by atoms with Crippen molar-refractivity contribution in [1.82, 2.24) is 4.90 Å². The van der Waals surface area contributed by atoms with Gasteiger partial charge in [0.15, 0.2) is 5.75 Å². The zero-order chi connectivity index (χ0) is 14.7. The third-order valence-electron chi connectivity index (χ3n) is 3.90. The van der Waals surface area contributed by atoms with Gasteiger partial charge in [0.2, 0.25) is 0 Å². The van der Waals surface area contributed by atoms with Gasteiger partial charge in [0.05, 0.1) is 12.0 Å². The Balaban J connectivity index is 0.00000220. The number of likely N-dealkylation sites (tertiary alicyclic amines) is 1. The lowest BCUT2D eigenvalue weighted by atomic mass is 9.94. The highest BCUT2D eigenvalue weighted by Gasteiger charge is 2.23. The van der Waals surface area contributed by atoms with Gasteiger partial charge >= 0.3 is 5.69 Å². The van der Waals surface area contributed by atoms with Crippen LogP contribution in [0.15, 0.2) is 18.2 Å². The second-order valence-corrected chi connectivity index (χ2v) is 5.43. The van der Waals surface area contributed by atoms with E-state index in [0.717, 1.165) is 25.1 Å². The zero-order valence-corrected chi connectivity index (χ0v) is 13.1. The van der Waals surface area contributed by atoms with E-state index >= 15 is 0 Å². The van der Waals surface area contributed by atoms with E-state index in [4.69, 9.17) is 10.5 Å². The van der Waals surface area contributed by atoms with E-state index in [-0.39, 0.29) is 24.1 Å². The van der Waals surface area contributed by atoms with Crippen molar-refractivity contribution < 1.29 is 9.66 Å². The molecular formula is C14H22ClN3O3. The van der Waals surface area contributed by atoms with E-state index in [2.05, 4.69) is 11.8 Å². The maximum absolute atomic E-state index is 11.0. The Morgan fingerprint density at radius 1 is 1.52 bits per heavy atom. The van der Waals surface area contributed by atoms with Crippen LogP contribution in [-0.4, -0.2) is 36.1 Å². The minimum absolute atomic E-state index is 0. The Kier molecular flexibility index (Phi) is 6.39. The molecule has 0 radical (unpaired) electrons. The summed E-state index contributed by atoms with van der Waals surface area (Å²) in [7, 11) is 1.44. The predicted molar refractivity (Wildman–Crippen MR) is 83.9 cm³/mol. The maximum atomic E-state index is 11.0. The van der Waals surface area contributed by atoms with Gasteiger partial charge in [0, 0.05) is 25.2 Å². The number of nitrogens with two attached hydrogens (primary N) is 1. The van der Waals surface area contributed by atoms with Crippen LogP contribution in [0.2, 0.25) is 0 Å². The number of ether oxygens (including phenoxy) is 1. The third kappa shape index (κ3) is 4.30. The fraction of sp³-hybridized carbons (Fsp3) is 0.571. The normalized spacial score (nSPS) is 22.4. The highest BCUT2D eigenvalue weighted by molar-refractivity contribution is 5.85. The van der Waals surface area contributed by atoms with Crippen LogP contribution in [0, 0.1) is 16.0 Å². The Morgan fingerprint density at radius 2 is 2.24 bits per heavy atom. The molecule has 1 aromatic rings. The van der Waals surface area contributed by atoms with Crippen molar-refractivity contribution in [3.63, 3.8) is 0 Å². The van der Waals surface area contributed by atoms with Crippen molar-refractivity contribution >= 4 is 18.1 Å². The molecular weight excluding hydrogens is 294 g/mol. The van der Waals surface area contributed by atoms with E-state index in [1.165, 1.54) is 7.11 Å². The van der Waals surface area contributed by atoms with Gasteiger partial charge in [-0.3, -0.25) is 15.0 Å². The van der Waals surface area contributed by atoms with Crippen LogP contribution in [0.25, 0.3) is 0 Å². The van der Waals surface area contributed by atoms with Crippen molar-refractivity contribution in [2.24, 2.45) is 11.7 Å². The van der Waals surface area contributed by atoms with Gasteiger partial charge in [-0.05, 0) is 30.5 Å². The molecule has 1 saturated heterocycles. The smallest absolute Gasteiger partial charge is 0.311 e. The summed E-state index contributed by atoms with van der Waals surface area (Å²) in [5, 5.41) is 11.0. The summed E-state index contributed by atoms with van der Waals surface area (Å²) in [5.41, 5.74) is 6.95. The summed E-state index contributed by atoms with van der Waals surface area (Å²) >= 11 is 0. The Morgan fingerprint density at radius 3 is 2.81 bits per heavy atom. The molecule has 0 amide bonds. The molecule has 2 N–H and O–H groups in total. The number of benzene rings is 1. The number of nitro groups is 1. The average molecular weight is 316 g/mol. The molecule has 1 fully saturated rings. The molecule has 2 atom stereocenters. The first-order valence-corrected chi connectivity index (χ1v) is 6.80. The van der Waals surface area contributed by atoms with Gasteiger partial charge < -0.3 is 10.5 Å². The van der Waals surface area contributed by atoms with Crippen LogP contribution >= 0.6 is 12.4 Å². The molecule has 2 rings (SSSR count). The SMILES string of the molecule is COc1ccc(CN2CCC(N)C(C)C2)cc1[N+](=O)[O-].Cl. The van der Waals surface area contributed by atoms with E-state index < -0.39 is 4.92 Å². The predicted octanol–water partition coefficient (Wildman–Crippen LogP) is 2.19. The molecule has 1 aliphatic heterocycles. The fourth-order valence-corrected chi connectivity index (χ4v) is 2.63. The summed E-state index contributed by atoms with van der Waals surface area (Å²) in [5.74, 6) is 0.754. The zero-order valence-electron chi connectivity index (χ0n) is 12.3. The van der Waals surface area contributed by atoms with Crippen LogP contribution in [0.5, 0.6) is 5.75 Å². The molecule has 0 saturated carbocycles. The number of rotatable bonds is 4. The highest BCUT2D eigenvalue weighted by atomic mass is 35.5. The van der Waals surface area contributed by atoms with Crippen molar-refractivity contribution in [2.75, 3.05) is 20.2 Å². The van der Waals surface area contributed by atoms with Crippen molar-refractivity contribution in [3.05, 3.63) is 33.9 Å². The lowest BCUT2D eigenvalue weighted by Crippen LogP contribution is -2.45. The first kappa shape index (κ1) is 17.7. The monoisotopic (exact) mass is 315 g/mol. The van der Waals surface area contributed by atoms with Crippen LogP contribution in [-0.2, 0) is 6.54 Å². The fourth-order valence-electron chi connectivity index (χ4n) is 2.63. The minimum atomic E-state index is -0.406. The number of piperidine rings is 1. The van der Waals surface area contributed by atoms with Gasteiger partial charge in [-0.25, -0.2) is 0 Å². The molecule has 1 aliphatic rings. The Bertz CT molecular complexity index is 498.